The first-order valence-corrected chi connectivity index (χ1v) is 6.56. The molecule has 20 heavy (non-hydrogen) atoms. The number of carbonyl (C=O) groups is 1. The SMILES string of the molecule is O=C(NN1CCOCC1)n1cnc(-c2ccccc2)c1. The van der Waals surface area contributed by atoms with Gasteiger partial charge in [-0.05, 0) is 0 Å². The summed E-state index contributed by atoms with van der Waals surface area (Å²) in [5.74, 6) is 0. The highest BCUT2D eigenvalue weighted by atomic mass is 16.5. The molecule has 0 unspecified atom stereocenters. The zero-order valence-electron chi connectivity index (χ0n) is 11.0. The molecule has 1 fully saturated rings. The van der Waals surface area contributed by atoms with Crippen LogP contribution in [0.5, 0.6) is 0 Å². The molecular weight excluding hydrogens is 256 g/mol. The van der Waals surface area contributed by atoms with Gasteiger partial charge in [0.1, 0.15) is 6.33 Å². The molecule has 1 saturated heterocycles. The van der Waals surface area contributed by atoms with Gasteiger partial charge in [0.2, 0.25) is 0 Å². The third kappa shape index (κ3) is 2.87. The molecule has 6 nitrogen and oxygen atoms in total. The Kier molecular flexibility index (Phi) is 3.76. The van der Waals surface area contributed by atoms with Gasteiger partial charge in [0.05, 0.1) is 18.9 Å². The molecule has 0 radical (unpaired) electrons. The highest BCUT2D eigenvalue weighted by Crippen LogP contribution is 2.15. The summed E-state index contributed by atoms with van der Waals surface area (Å²) in [6, 6.07) is 9.57. The number of rotatable bonds is 2. The Morgan fingerprint density at radius 3 is 2.70 bits per heavy atom. The molecule has 0 aliphatic carbocycles. The Morgan fingerprint density at radius 2 is 1.95 bits per heavy atom. The molecule has 0 spiro atoms. The van der Waals surface area contributed by atoms with Gasteiger partial charge in [0, 0.05) is 24.8 Å². The van der Waals surface area contributed by atoms with Crippen LogP contribution >= 0.6 is 0 Å². The fraction of sp³-hybridized carbons (Fsp3) is 0.286. The van der Waals surface area contributed by atoms with Crippen molar-refractivity contribution in [2.24, 2.45) is 0 Å². The first-order chi connectivity index (χ1) is 9.83. The second-order valence-electron chi connectivity index (χ2n) is 4.55. The fourth-order valence-electron chi connectivity index (χ4n) is 2.06. The first-order valence-electron chi connectivity index (χ1n) is 6.56. The Bertz CT molecular complexity index is 576. The van der Waals surface area contributed by atoms with Gasteiger partial charge in [-0.2, -0.15) is 0 Å². The largest absolute Gasteiger partial charge is 0.379 e. The third-order valence-electron chi connectivity index (χ3n) is 3.15. The minimum absolute atomic E-state index is 0.207. The van der Waals surface area contributed by atoms with Gasteiger partial charge in [-0.25, -0.2) is 14.8 Å². The number of morpholine rings is 1. The lowest BCUT2D eigenvalue weighted by atomic mass is 10.2. The van der Waals surface area contributed by atoms with Crippen molar-refractivity contribution in [3.63, 3.8) is 0 Å². The number of hydrazine groups is 1. The maximum absolute atomic E-state index is 12.1. The van der Waals surface area contributed by atoms with E-state index in [0.717, 1.165) is 11.3 Å². The number of ether oxygens (including phenoxy) is 1. The van der Waals surface area contributed by atoms with E-state index in [2.05, 4.69) is 10.4 Å². The molecule has 1 aromatic carbocycles. The summed E-state index contributed by atoms with van der Waals surface area (Å²) in [5, 5.41) is 1.86. The quantitative estimate of drug-likeness (QED) is 0.896. The van der Waals surface area contributed by atoms with E-state index in [1.165, 1.54) is 10.9 Å². The third-order valence-corrected chi connectivity index (χ3v) is 3.15. The van der Waals surface area contributed by atoms with Crippen molar-refractivity contribution >= 4 is 6.03 Å². The van der Waals surface area contributed by atoms with Crippen LogP contribution in [0.2, 0.25) is 0 Å². The van der Waals surface area contributed by atoms with Crippen molar-refractivity contribution in [2.75, 3.05) is 26.3 Å². The number of aromatic nitrogens is 2. The number of hydrogen-bond acceptors (Lipinski definition) is 4. The van der Waals surface area contributed by atoms with Crippen molar-refractivity contribution in [1.29, 1.82) is 0 Å². The van der Waals surface area contributed by atoms with Crippen molar-refractivity contribution < 1.29 is 9.53 Å². The van der Waals surface area contributed by atoms with Crippen LogP contribution in [0.1, 0.15) is 0 Å². The zero-order valence-corrected chi connectivity index (χ0v) is 11.0. The molecule has 2 aromatic rings. The number of imidazole rings is 1. The summed E-state index contributed by atoms with van der Waals surface area (Å²) < 4.78 is 6.69. The van der Waals surface area contributed by atoms with Crippen LogP contribution in [-0.4, -0.2) is 46.9 Å². The number of nitrogens with one attached hydrogen (secondary N) is 1. The van der Waals surface area contributed by atoms with Gasteiger partial charge in [-0.15, -0.1) is 0 Å². The Hall–Kier alpha value is -2.18. The van der Waals surface area contributed by atoms with E-state index in [-0.39, 0.29) is 6.03 Å². The molecule has 0 bridgehead atoms. The topological polar surface area (TPSA) is 59.4 Å². The summed E-state index contributed by atoms with van der Waals surface area (Å²) in [5.41, 5.74) is 4.61. The lowest BCUT2D eigenvalue weighted by Gasteiger charge is -2.26. The lowest BCUT2D eigenvalue weighted by molar-refractivity contribution is 0.0196. The van der Waals surface area contributed by atoms with Gasteiger partial charge in [0.15, 0.2) is 0 Å². The van der Waals surface area contributed by atoms with Crippen LogP contribution < -0.4 is 5.43 Å². The maximum atomic E-state index is 12.1. The average Bonchev–Trinajstić information content (AvgIpc) is 2.99. The predicted octanol–water partition coefficient (Wildman–Crippen LogP) is 1.35. The van der Waals surface area contributed by atoms with Crippen molar-refractivity contribution in [2.45, 2.75) is 0 Å². The predicted molar refractivity (Wildman–Crippen MR) is 74.0 cm³/mol. The van der Waals surface area contributed by atoms with E-state index >= 15 is 0 Å². The van der Waals surface area contributed by atoms with Crippen LogP contribution in [-0.2, 0) is 4.74 Å². The van der Waals surface area contributed by atoms with E-state index in [1.807, 2.05) is 35.3 Å². The second-order valence-corrected chi connectivity index (χ2v) is 4.55. The molecule has 1 amide bonds. The van der Waals surface area contributed by atoms with Gasteiger partial charge in [0.25, 0.3) is 0 Å². The molecule has 0 saturated carbocycles. The average molecular weight is 272 g/mol. The summed E-state index contributed by atoms with van der Waals surface area (Å²) in [7, 11) is 0. The van der Waals surface area contributed by atoms with Crippen LogP contribution in [0.25, 0.3) is 11.3 Å². The van der Waals surface area contributed by atoms with Crippen LogP contribution in [0.4, 0.5) is 4.79 Å². The minimum atomic E-state index is -0.207. The summed E-state index contributed by atoms with van der Waals surface area (Å²) in [6.07, 6.45) is 3.25. The minimum Gasteiger partial charge on any atom is -0.379 e. The molecule has 2 heterocycles. The number of amides is 1. The maximum Gasteiger partial charge on any atom is 0.341 e. The Labute approximate surface area is 117 Å². The van der Waals surface area contributed by atoms with Gasteiger partial charge in [-0.3, -0.25) is 9.99 Å². The first kappa shape index (κ1) is 12.8. The normalized spacial score (nSPS) is 16.0. The van der Waals surface area contributed by atoms with Crippen LogP contribution in [0.15, 0.2) is 42.9 Å². The van der Waals surface area contributed by atoms with Crippen molar-refractivity contribution in [3.8, 4) is 11.3 Å². The summed E-state index contributed by atoms with van der Waals surface area (Å²) in [4.78, 5) is 16.3. The standard InChI is InChI=1S/C14H16N4O2/c19-14(16-18-6-8-20-9-7-18)17-10-13(15-11-17)12-4-2-1-3-5-12/h1-5,10-11H,6-9H2,(H,16,19). The van der Waals surface area contributed by atoms with E-state index < -0.39 is 0 Å². The van der Waals surface area contributed by atoms with Gasteiger partial charge < -0.3 is 4.74 Å². The molecule has 3 rings (SSSR count). The number of benzene rings is 1. The van der Waals surface area contributed by atoms with E-state index in [9.17, 15) is 4.79 Å². The van der Waals surface area contributed by atoms with E-state index in [0.29, 0.717) is 26.3 Å². The number of hydrogen-bond donors (Lipinski definition) is 1. The molecular formula is C14H16N4O2. The lowest BCUT2D eigenvalue weighted by Crippen LogP contribution is -2.49. The Balaban J connectivity index is 1.68. The highest BCUT2D eigenvalue weighted by Gasteiger charge is 2.14. The molecule has 104 valence electrons. The van der Waals surface area contributed by atoms with Crippen molar-refractivity contribution in [1.82, 2.24) is 20.0 Å². The smallest absolute Gasteiger partial charge is 0.341 e. The van der Waals surface area contributed by atoms with Gasteiger partial charge in [-0.1, -0.05) is 30.3 Å². The molecule has 1 aromatic heterocycles. The van der Waals surface area contributed by atoms with Gasteiger partial charge >= 0.3 is 6.03 Å². The molecule has 1 aliphatic heterocycles. The van der Waals surface area contributed by atoms with Crippen LogP contribution in [0, 0.1) is 0 Å². The molecule has 0 atom stereocenters. The molecule has 6 heteroatoms. The van der Waals surface area contributed by atoms with Crippen molar-refractivity contribution in [3.05, 3.63) is 42.9 Å². The monoisotopic (exact) mass is 272 g/mol. The summed E-state index contributed by atoms with van der Waals surface area (Å²) >= 11 is 0. The molecule has 1 aliphatic rings. The fourth-order valence-corrected chi connectivity index (χ4v) is 2.06. The summed E-state index contributed by atoms with van der Waals surface area (Å²) in [6.45, 7) is 2.68. The van der Waals surface area contributed by atoms with E-state index in [4.69, 9.17) is 4.74 Å². The van der Waals surface area contributed by atoms with E-state index in [1.54, 1.807) is 6.20 Å². The molecule has 1 N–H and O–H groups in total. The second kappa shape index (κ2) is 5.85. The van der Waals surface area contributed by atoms with Crippen LogP contribution in [0.3, 0.4) is 0 Å². The number of carbonyl (C=O) groups excluding carboxylic acids is 1. The zero-order chi connectivity index (χ0) is 13.8. The Morgan fingerprint density at radius 1 is 1.20 bits per heavy atom. The number of nitrogens with zero attached hydrogens (tertiary/aromatic N) is 3. The highest BCUT2D eigenvalue weighted by molar-refractivity contribution is 5.77.